The Morgan fingerprint density at radius 1 is 0.958 bits per heavy atom. The number of halogens is 4. The van der Waals surface area contributed by atoms with E-state index in [4.69, 9.17) is 11.6 Å². The van der Waals surface area contributed by atoms with Crippen molar-refractivity contribution in [3.05, 3.63) is 64.8 Å². The van der Waals surface area contributed by atoms with E-state index in [2.05, 4.69) is 9.97 Å². The van der Waals surface area contributed by atoms with E-state index < -0.39 is 12.6 Å². The van der Waals surface area contributed by atoms with Gasteiger partial charge in [0, 0.05) is 16.1 Å². The van der Waals surface area contributed by atoms with Crippen molar-refractivity contribution < 1.29 is 13.2 Å². The molecule has 0 bridgehead atoms. The lowest BCUT2D eigenvalue weighted by Crippen LogP contribution is -2.12. The Hall–Kier alpha value is -2.27. The third-order valence-electron chi connectivity index (χ3n) is 3.60. The van der Waals surface area contributed by atoms with E-state index in [-0.39, 0.29) is 5.69 Å². The summed E-state index contributed by atoms with van der Waals surface area (Å²) in [6, 6.07) is 14.0. The molecule has 2 aromatic carbocycles. The van der Waals surface area contributed by atoms with Gasteiger partial charge in [0.25, 0.3) is 0 Å². The summed E-state index contributed by atoms with van der Waals surface area (Å²) >= 11 is 5.85. The molecule has 0 saturated carbocycles. The lowest BCUT2D eigenvalue weighted by atomic mass is 10.1. The van der Waals surface area contributed by atoms with Crippen LogP contribution in [0.15, 0.2) is 48.5 Å². The van der Waals surface area contributed by atoms with Crippen LogP contribution in [-0.2, 0) is 6.42 Å². The standard InChI is InChI=1S/C18H14ClF3N2/c1-11-2-4-12(5-3-11)16-15(10-18(20,21)22)23-17(24-16)13-6-8-14(19)9-7-13/h2-9H,10H2,1H3,(H,23,24). The molecule has 124 valence electrons. The first-order chi connectivity index (χ1) is 11.3. The molecule has 0 fully saturated rings. The summed E-state index contributed by atoms with van der Waals surface area (Å²) < 4.78 is 38.7. The van der Waals surface area contributed by atoms with E-state index in [1.807, 2.05) is 19.1 Å². The molecule has 3 rings (SSSR count). The summed E-state index contributed by atoms with van der Waals surface area (Å²) in [5.74, 6) is 0.390. The molecule has 0 saturated heterocycles. The number of hydrogen-bond donors (Lipinski definition) is 1. The van der Waals surface area contributed by atoms with Gasteiger partial charge in [-0.15, -0.1) is 0 Å². The number of aromatic amines is 1. The smallest absolute Gasteiger partial charge is 0.341 e. The average Bonchev–Trinajstić information content (AvgIpc) is 2.90. The van der Waals surface area contributed by atoms with Crippen LogP contribution in [0.4, 0.5) is 13.2 Å². The molecule has 2 nitrogen and oxygen atoms in total. The first kappa shape index (κ1) is 16.6. The second kappa shape index (κ2) is 6.32. The van der Waals surface area contributed by atoms with E-state index >= 15 is 0 Å². The Kier molecular flexibility index (Phi) is 4.37. The van der Waals surface area contributed by atoms with Crippen molar-refractivity contribution in [1.29, 1.82) is 0 Å². The number of aryl methyl sites for hydroxylation is 1. The topological polar surface area (TPSA) is 28.7 Å². The zero-order valence-electron chi connectivity index (χ0n) is 12.8. The first-order valence-electron chi connectivity index (χ1n) is 7.30. The SMILES string of the molecule is Cc1ccc(-c2nc(-c3ccc(Cl)cc3)[nH]c2CC(F)(F)F)cc1. The highest BCUT2D eigenvalue weighted by Crippen LogP contribution is 2.31. The minimum Gasteiger partial charge on any atom is -0.341 e. The Morgan fingerprint density at radius 2 is 1.54 bits per heavy atom. The number of nitrogens with one attached hydrogen (secondary N) is 1. The third kappa shape index (κ3) is 3.79. The number of imidazole rings is 1. The molecule has 1 N–H and O–H groups in total. The monoisotopic (exact) mass is 350 g/mol. The van der Waals surface area contributed by atoms with E-state index in [0.717, 1.165) is 5.56 Å². The number of benzene rings is 2. The maximum Gasteiger partial charge on any atom is 0.394 e. The molecule has 0 aliphatic rings. The van der Waals surface area contributed by atoms with Gasteiger partial charge < -0.3 is 4.98 Å². The number of alkyl halides is 3. The molecule has 24 heavy (non-hydrogen) atoms. The molecule has 0 spiro atoms. The molecule has 1 aromatic heterocycles. The van der Waals surface area contributed by atoms with Gasteiger partial charge in [0.1, 0.15) is 5.82 Å². The Morgan fingerprint density at radius 3 is 2.12 bits per heavy atom. The average molecular weight is 351 g/mol. The highest BCUT2D eigenvalue weighted by atomic mass is 35.5. The second-order valence-corrected chi connectivity index (χ2v) is 6.01. The van der Waals surface area contributed by atoms with E-state index in [1.54, 1.807) is 36.4 Å². The van der Waals surface area contributed by atoms with Crippen LogP contribution in [0, 0.1) is 6.92 Å². The molecule has 0 unspecified atom stereocenters. The fourth-order valence-electron chi connectivity index (χ4n) is 2.43. The summed E-state index contributed by atoms with van der Waals surface area (Å²) in [5.41, 5.74) is 2.73. The van der Waals surface area contributed by atoms with E-state index in [0.29, 0.717) is 27.7 Å². The summed E-state index contributed by atoms with van der Waals surface area (Å²) in [6.45, 7) is 1.92. The molecule has 1 heterocycles. The van der Waals surface area contributed by atoms with Crippen molar-refractivity contribution in [2.24, 2.45) is 0 Å². The van der Waals surface area contributed by atoms with Crippen molar-refractivity contribution in [2.45, 2.75) is 19.5 Å². The molecule has 0 aliphatic carbocycles. The van der Waals surface area contributed by atoms with Crippen LogP contribution in [0.25, 0.3) is 22.6 Å². The Labute approximate surface area is 142 Å². The van der Waals surface area contributed by atoms with Gasteiger partial charge in [-0.2, -0.15) is 13.2 Å². The number of aromatic nitrogens is 2. The fourth-order valence-corrected chi connectivity index (χ4v) is 2.56. The van der Waals surface area contributed by atoms with Crippen LogP contribution in [0.5, 0.6) is 0 Å². The number of nitrogens with zero attached hydrogens (tertiary/aromatic N) is 1. The van der Waals surface area contributed by atoms with Crippen molar-refractivity contribution in [1.82, 2.24) is 9.97 Å². The van der Waals surface area contributed by atoms with Crippen LogP contribution >= 0.6 is 11.6 Å². The Bertz CT molecular complexity index is 834. The number of rotatable bonds is 3. The predicted octanol–water partition coefficient (Wildman–Crippen LogP) is 5.81. The second-order valence-electron chi connectivity index (χ2n) is 5.58. The Balaban J connectivity index is 2.08. The lowest BCUT2D eigenvalue weighted by molar-refractivity contribution is -0.127. The first-order valence-corrected chi connectivity index (χ1v) is 7.68. The van der Waals surface area contributed by atoms with Gasteiger partial charge >= 0.3 is 6.18 Å². The van der Waals surface area contributed by atoms with Crippen LogP contribution in [0.3, 0.4) is 0 Å². The highest BCUT2D eigenvalue weighted by molar-refractivity contribution is 6.30. The fraction of sp³-hybridized carbons (Fsp3) is 0.167. The molecule has 6 heteroatoms. The molecule has 0 amide bonds. The van der Waals surface area contributed by atoms with E-state index in [1.165, 1.54) is 0 Å². The minimum atomic E-state index is -4.32. The maximum atomic E-state index is 12.9. The van der Waals surface area contributed by atoms with E-state index in [9.17, 15) is 13.2 Å². The van der Waals surface area contributed by atoms with Gasteiger partial charge in [-0.1, -0.05) is 41.4 Å². The van der Waals surface area contributed by atoms with Crippen LogP contribution in [0.1, 0.15) is 11.3 Å². The van der Waals surface area contributed by atoms with Crippen molar-refractivity contribution >= 4 is 11.6 Å². The quantitative estimate of drug-likeness (QED) is 0.634. The molecule has 0 atom stereocenters. The predicted molar refractivity (Wildman–Crippen MR) is 89.0 cm³/mol. The minimum absolute atomic E-state index is 0.0521. The van der Waals surface area contributed by atoms with Gasteiger partial charge in [-0.25, -0.2) is 4.98 Å². The summed E-state index contributed by atoms with van der Waals surface area (Å²) in [5, 5.41) is 0.555. The zero-order chi connectivity index (χ0) is 17.3. The molecule has 3 aromatic rings. The third-order valence-corrected chi connectivity index (χ3v) is 3.85. The number of hydrogen-bond acceptors (Lipinski definition) is 1. The van der Waals surface area contributed by atoms with Crippen LogP contribution in [0.2, 0.25) is 5.02 Å². The van der Waals surface area contributed by atoms with Gasteiger partial charge in [0.15, 0.2) is 0 Å². The molecular weight excluding hydrogens is 337 g/mol. The summed E-state index contributed by atoms with van der Waals surface area (Å²) in [7, 11) is 0. The van der Waals surface area contributed by atoms with Crippen molar-refractivity contribution in [3.63, 3.8) is 0 Å². The van der Waals surface area contributed by atoms with Gasteiger partial charge in [0.2, 0.25) is 0 Å². The summed E-state index contributed by atoms with van der Waals surface area (Å²) in [4.78, 5) is 7.21. The lowest BCUT2D eigenvalue weighted by Gasteiger charge is -2.06. The normalized spacial score (nSPS) is 11.7. The van der Waals surface area contributed by atoms with Crippen molar-refractivity contribution in [3.8, 4) is 22.6 Å². The van der Waals surface area contributed by atoms with Crippen LogP contribution in [-0.4, -0.2) is 16.1 Å². The largest absolute Gasteiger partial charge is 0.394 e. The highest BCUT2D eigenvalue weighted by Gasteiger charge is 2.31. The van der Waals surface area contributed by atoms with Crippen LogP contribution < -0.4 is 0 Å². The van der Waals surface area contributed by atoms with Gasteiger partial charge in [-0.05, 0) is 31.2 Å². The molecular formula is C18H14ClF3N2. The maximum absolute atomic E-state index is 12.9. The molecule has 0 radical (unpaired) electrons. The van der Waals surface area contributed by atoms with Gasteiger partial charge in [-0.3, -0.25) is 0 Å². The number of H-pyrrole nitrogens is 1. The van der Waals surface area contributed by atoms with Crippen molar-refractivity contribution in [2.75, 3.05) is 0 Å². The zero-order valence-corrected chi connectivity index (χ0v) is 13.5. The summed E-state index contributed by atoms with van der Waals surface area (Å²) in [6.07, 6.45) is -5.37. The molecule has 0 aliphatic heterocycles. The van der Waals surface area contributed by atoms with Gasteiger partial charge in [0.05, 0.1) is 17.8 Å².